The smallest absolute Gasteiger partial charge is 0.391 e. The van der Waals surface area contributed by atoms with Gasteiger partial charge in [-0.1, -0.05) is 30.3 Å². The van der Waals surface area contributed by atoms with Gasteiger partial charge in [0.25, 0.3) is 0 Å². The molecule has 1 saturated carbocycles. The zero-order chi connectivity index (χ0) is 23.6. The van der Waals surface area contributed by atoms with Gasteiger partial charge in [0.2, 0.25) is 0 Å². The zero-order valence-corrected chi connectivity index (χ0v) is 17.9. The monoisotopic (exact) mass is 460 g/mol. The Morgan fingerprint density at radius 3 is 2.27 bits per heavy atom. The normalized spacial score (nSPS) is 17.5. The second kappa shape index (κ2) is 9.38. The summed E-state index contributed by atoms with van der Waals surface area (Å²) in [5.74, 6) is -1.80. The first-order valence-corrected chi connectivity index (χ1v) is 10.9. The van der Waals surface area contributed by atoms with E-state index in [0.29, 0.717) is 25.3 Å². The first kappa shape index (κ1) is 23.0. The van der Waals surface area contributed by atoms with Crippen LogP contribution in [0.15, 0.2) is 42.5 Å². The van der Waals surface area contributed by atoms with Gasteiger partial charge < -0.3 is 15.8 Å². The molecule has 176 valence electrons. The highest BCUT2D eigenvalue weighted by Crippen LogP contribution is 2.34. The van der Waals surface area contributed by atoms with Crippen LogP contribution in [0.1, 0.15) is 31.2 Å². The van der Waals surface area contributed by atoms with E-state index >= 15 is 0 Å². The standard InChI is InChI=1S/C19H19F3N5.C4H6O2/c20-19(21,22)15-8-10-26(11-9-15)12-13-4-6-14(7-5-13)16-2-1-3-17-24-18(23)25-27(16)17;5-4(6)3-1-2-3/h1-7,15H,8-12H2,(H-,23,25);3H,1-2H2,(H,5,6)/q-1;. The fourth-order valence-corrected chi connectivity index (χ4v) is 3.91. The minimum atomic E-state index is -4.07. The molecule has 3 heterocycles. The van der Waals surface area contributed by atoms with E-state index < -0.39 is 18.1 Å². The number of halogens is 3. The van der Waals surface area contributed by atoms with E-state index in [0.717, 1.165) is 29.7 Å². The molecule has 0 unspecified atom stereocenters. The van der Waals surface area contributed by atoms with Crippen molar-refractivity contribution in [2.75, 3.05) is 13.1 Å². The Morgan fingerprint density at radius 2 is 1.73 bits per heavy atom. The molecule has 2 aliphatic rings. The van der Waals surface area contributed by atoms with Crippen molar-refractivity contribution in [3.63, 3.8) is 0 Å². The summed E-state index contributed by atoms with van der Waals surface area (Å²) in [4.78, 5) is 15.9. The summed E-state index contributed by atoms with van der Waals surface area (Å²) >= 11 is 0. The molecule has 0 spiro atoms. The van der Waals surface area contributed by atoms with Crippen molar-refractivity contribution >= 4 is 17.6 Å². The van der Waals surface area contributed by atoms with E-state index in [4.69, 9.17) is 10.8 Å². The number of fused-ring (bicyclic) bond motifs is 1. The quantitative estimate of drug-likeness (QED) is 0.568. The van der Waals surface area contributed by atoms with Crippen molar-refractivity contribution in [3.05, 3.63) is 53.8 Å². The number of nitrogens with zero attached hydrogens (tertiary/aromatic N) is 4. The third-order valence-electron chi connectivity index (χ3n) is 5.99. The fraction of sp³-hybridized carbons (Fsp3) is 0.435. The molecule has 1 aliphatic heterocycles. The predicted molar refractivity (Wildman–Crippen MR) is 117 cm³/mol. The maximum Gasteiger partial charge on any atom is 0.391 e. The van der Waals surface area contributed by atoms with Crippen LogP contribution in [-0.4, -0.2) is 49.8 Å². The number of rotatable bonds is 4. The summed E-state index contributed by atoms with van der Waals surface area (Å²) in [6.07, 6.45) is -1.93. The van der Waals surface area contributed by atoms with Gasteiger partial charge in [-0.25, -0.2) is 0 Å². The summed E-state index contributed by atoms with van der Waals surface area (Å²) in [5, 5.41) is 12.2. The number of carbonyl (C=O) groups is 1. The number of likely N-dealkylation sites (tertiary alicyclic amines) is 1. The van der Waals surface area contributed by atoms with Crippen LogP contribution in [0.5, 0.6) is 0 Å². The van der Waals surface area contributed by atoms with Crippen LogP contribution in [0, 0.1) is 11.8 Å². The topological polar surface area (TPSA) is 94.5 Å². The van der Waals surface area contributed by atoms with Gasteiger partial charge in [-0.05, 0) is 62.0 Å². The first-order chi connectivity index (χ1) is 15.7. The number of hydrogen-bond donors (Lipinski definition) is 1. The minimum Gasteiger partial charge on any atom is -0.481 e. The Bertz CT molecular complexity index is 1100. The molecule has 0 amide bonds. The number of alkyl halides is 3. The van der Waals surface area contributed by atoms with Crippen LogP contribution in [0.25, 0.3) is 22.6 Å². The third-order valence-corrected chi connectivity index (χ3v) is 5.99. The van der Waals surface area contributed by atoms with Gasteiger partial charge in [-0.3, -0.25) is 19.3 Å². The van der Waals surface area contributed by atoms with E-state index in [9.17, 15) is 18.0 Å². The zero-order valence-electron chi connectivity index (χ0n) is 17.9. The molecule has 0 bridgehead atoms. The van der Waals surface area contributed by atoms with Gasteiger partial charge in [0.05, 0.1) is 23.2 Å². The number of piperidine rings is 1. The highest BCUT2D eigenvalue weighted by molar-refractivity contribution is 5.72. The Kier molecular flexibility index (Phi) is 6.55. The van der Waals surface area contributed by atoms with Gasteiger partial charge in [-0.2, -0.15) is 13.2 Å². The molecule has 7 nitrogen and oxygen atoms in total. The van der Waals surface area contributed by atoms with Crippen LogP contribution in [0.3, 0.4) is 0 Å². The molecule has 2 N–H and O–H groups in total. The van der Waals surface area contributed by atoms with Crippen molar-refractivity contribution in [3.8, 4) is 11.3 Å². The van der Waals surface area contributed by atoms with E-state index in [-0.39, 0.29) is 24.7 Å². The number of carboxylic acid groups (broad SMARTS) is 1. The molecule has 3 aromatic rings. The first-order valence-electron chi connectivity index (χ1n) is 10.9. The molecule has 5 rings (SSSR count). The van der Waals surface area contributed by atoms with Crippen molar-refractivity contribution in [2.45, 2.75) is 38.4 Å². The van der Waals surface area contributed by atoms with Crippen LogP contribution in [-0.2, 0) is 11.3 Å². The maximum atomic E-state index is 12.8. The summed E-state index contributed by atoms with van der Waals surface area (Å²) in [6, 6.07) is 13.5. The van der Waals surface area contributed by atoms with Gasteiger partial charge in [0.1, 0.15) is 0 Å². The predicted octanol–water partition coefficient (Wildman–Crippen LogP) is 5.34. The summed E-state index contributed by atoms with van der Waals surface area (Å²) < 4.78 is 40.0. The molecular weight excluding hydrogens is 435 g/mol. The van der Waals surface area contributed by atoms with E-state index in [1.165, 1.54) is 0 Å². The second-order valence-corrected chi connectivity index (χ2v) is 8.52. The number of aliphatic carboxylic acids is 1. The Balaban J connectivity index is 0.000000376. The molecule has 1 aliphatic carbocycles. The third kappa shape index (κ3) is 5.81. The Morgan fingerprint density at radius 1 is 1.06 bits per heavy atom. The average molecular weight is 460 g/mol. The lowest BCUT2D eigenvalue weighted by atomic mass is 9.96. The fourth-order valence-electron chi connectivity index (χ4n) is 3.91. The van der Waals surface area contributed by atoms with Gasteiger partial charge in [0, 0.05) is 12.5 Å². The van der Waals surface area contributed by atoms with Gasteiger partial charge in [0.15, 0.2) is 0 Å². The molecule has 0 atom stereocenters. The lowest BCUT2D eigenvalue weighted by Crippen LogP contribution is -2.38. The van der Waals surface area contributed by atoms with Crippen LogP contribution in [0.2, 0.25) is 0 Å². The molecule has 0 radical (unpaired) electrons. The van der Waals surface area contributed by atoms with Crippen LogP contribution >= 0.6 is 0 Å². The SMILES string of the molecule is O=C(O)C1CC1.[NH-]c1nc2cccc(-c3ccc(CN4CCC(C(F)(F)F)CC4)cc3)n2n1. The number of pyridine rings is 1. The molecule has 2 aromatic heterocycles. The molecule has 1 aromatic carbocycles. The maximum absolute atomic E-state index is 12.8. The summed E-state index contributed by atoms with van der Waals surface area (Å²) in [6.45, 7) is 1.59. The highest BCUT2D eigenvalue weighted by Gasteiger charge is 2.40. The van der Waals surface area contributed by atoms with E-state index in [2.05, 4.69) is 15.0 Å². The number of aromatic nitrogens is 3. The Hall–Kier alpha value is -3.14. The van der Waals surface area contributed by atoms with E-state index in [1.54, 1.807) is 10.6 Å². The van der Waals surface area contributed by atoms with Crippen molar-refractivity contribution in [2.24, 2.45) is 11.8 Å². The molecule has 10 heteroatoms. The van der Waals surface area contributed by atoms with Crippen molar-refractivity contribution in [1.29, 1.82) is 0 Å². The Labute approximate surface area is 189 Å². The van der Waals surface area contributed by atoms with Crippen LogP contribution < -0.4 is 0 Å². The van der Waals surface area contributed by atoms with Gasteiger partial charge >= 0.3 is 12.1 Å². The van der Waals surface area contributed by atoms with Crippen LogP contribution in [0.4, 0.5) is 19.1 Å². The largest absolute Gasteiger partial charge is 0.481 e. The summed E-state index contributed by atoms with van der Waals surface area (Å²) in [7, 11) is 0. The number of carboxylic acids is 1. The molecule has 2 fully saturated rings. The second-order valence-electron chi connectivity index (χ2n) is 8.52. The minimum absolute atomic E-state index is 0.0185. The van der Waals surface area contributed by atoms with Crippen molar-refractivity contribution in [1.82, 2.24) is 19.5 Å². The number of nitrogens with one attached hydrogen (secondary N) is 1. The number of hydrogen-bond acceptors (Lipinski definition) is 4. The molecule has 33 heavy (non-hydrogen) atoms. The molecular formula is C23H25F3N5O2-. The average Bonchev–Trinajstić information content (AvgIpc) is 3.56. The molecule has 1 saturated heterocycles. The lowest BCUT2D eigenvalue weighted by molar-refractivity contribution is -0.185. The highest BCUT2D eigenvalue weighted by atomic mass is 19.4. The van der Waals surface area contributed by atoms with Gasteiger partial charge in [-0.15, -0.1) is 0 Å². The van der Waals surface area contributed by atoms with Crippen molar-refractivity contribution < 1.29 is 23.1 Å². The summed E-state index contributed by atoms with van der Waals surface area (Å²) in [5.41, 5.74) is 11.1. The number of benzene rings is 1. The lowest BCUT2D eigenvalue weighted by Gasteiger charge is -2.32. The van der Waals surface area contributed by atoms with E-state index in [1.807, 2.05) is 36.4 Å².